The smallest absolute Gasteiger partial charge is 0.258 e. The first kappa shape index (κ1) is 21.0. The SMILES string of the molecule is N#Cc1ccc(CCNC(=S)Nc2ccc(NC(=O)c3ccccc3F)cc2)cc1. The van der Waals surface area contributed by atoms with Crippen LogP contribution in [-0.2, 0) is 6.42 Å². The molecule has 3 rings (SSSR count). The Morgan fingerprint density at radius 2 is 1.57 bits per heavy atom. The maximum absolute atomic E-state index is 13.7. The maximum atomic E-state index is 13.7. The predicted molar refractivity (Wildman–Crippen MR) is 120 cm³/mol. The second-order valence-electron chi connectivity index (χ2n) is 6.45. The molecule has 0 aliphatic carbocycles. The van der Waals surface area contributed by atoms with E-state index in [2.05, 4.69) is 22.0 Å². The van der Waals surface area contributed by atoms with Crippen LogP contribution in [0.3, 0.4) is 0 Å². The molecular formula is C23H19FN4OS. The lowest BCUT2D eigenvalue weighted by atomic mass is 10.1. The van der Waals surface area contributed by atoms with E-state index in [1.54, 1.807) is 42.5 Å². The number of carbonyl (C=O) groups is 1. The Balaban J connectivity index is 1.46. The van der Waals surface area contributed by atoms with Crippen LogP contribution in [0, 0.1) is 17.1 Å². The van der Waals surface area contributed by atoms with Crippen LogP contribution in [0.1, 0.15) is 21.5 Å². The van der Waals surface area contributed by atoms with E-state index in [1.807, 2.05) is 12.1 Å². The fourth-order valence-corrected chi connectivity index (χ4v) is 2.94. The number of nitriles is 1. The van der Waals surface area contributed by atoms with Crippen molar-refractivity contribution in [1.29, 1.82) is 5.26 Å². The highest BCUT2D eigenvalue weighted by atomic mass is 32.1. The predicted octanol–water partition coefficient (Wildman–Crippen LogP) is 4.48. The highest BCUT2D eigenvalue weighted by Gasteiger charge is 2.10. The molecule has 0 aromatic heterocycles. The van der Waals surface area contributed by atoms with E-state index in [9.17, 15) is 9.18 Å². The zero-order valence-corrected chi connectivity index (χ0v) is 16.8. The van der Waals surface area contributed by atoms with Crippen LogP contribution in [0.15, 0.2) is 72.8 Å². The highest BCUT2D eigenvalue weighted by Crippen LogP contribution is 2.16. The first-order chi connectivity index (χ1) is 14.5. The van der Waals surface area contributed by atoms with Gasteiger partial charge in [-0.2, -0.15) is 5.26 Å². The van der Waals surface area contributed by atoms with Crippen molar-refractivity contribution in [3.63, 3.8) is 0 Å². The van der Waals surface area contributed by atoms with E-state index in [0.717, 1.165) is 17.7 Å². The molecule has 3 aromatic carbocycles. The second kappa shape index (κ2) is 10.1. The zero-order valence-electron chi connectivity index (χ0n) is 16.0. The van der Waals surface area contributed by atoms with Crippen molar-refractivity contribution in [3.05, 3.63) is 95.3 Å². The minimum Gasteiger partial charge on any atom is -0.362 e. The Labute approximate surface area is 179 Å². The van der Waals surface area contributed by atoms with Gasteiger partial charge >= 0.3 is 0 Å². The van der Waals surface area contributed by atoms with Gasteiger partial charge in [0.05, 0.1) is 17.2 Å². The Morgan fingerprint density at radius 1 is 0.933 bits per heavy atom. The Kier molecular flexibility index (Phi) is 7.09. The summed E-state index contributed by atoms with van der Waals surface area (Å²) in [5.41, 5.74) is 3.05. The molecule has 0 unspecified atom stereocenters. The van der Waals surface area contributed by atoms with Crippen molar-refractivity contribution < 1.29 is 9.18 Å². The van der Waals surface area contributed by atoms with Crippen LogP contribution in [-0.4, -0.2) is 17.6 Å². The molecule has 5 nitrogen and oxygen atoms in total. The molecule has 0 heterocycles. The standard InChI is InChI=1S/C23H19FN4OS/c24-21-4-2-1-3-20(21)22(29)27-18-9-11-19(12-10-18)28-23(30)26-14-13-16-5-7-17(15-25)8-6-16/h1-12H,13-14H2,(H,27,29)(H2,26,28,30). The topological polar surface area (TPSA) is 77.0 Å². The van der Waals surface area contributed by atoms with Crippen LogP contribution < -0.4 is 16.0 Å². The van der Waals surface area contributed by atoms with Crippen molar-refractivity contribution in [2.75, 3.05) is 17.2 Å². The average molecular weight is 418 g/mol. The van der Waals surface area contributed by atoms with Gasteiger partial charge in [-0.1, -0.05) is 24.3 Å². The summed E-state index contributed by atoms with van der Waals surface area (Å²) in [5.74, 6) is -1.07. The quantitative estimate of drug-likeness (QED) is 0.515. The molecule has 0 aliphatic rings. The van der Waals surface area contributed by atoms with Crippen LogP contribution in [0.2, 0.25) is 0 Å². The number of hydrogen-bond donors (Lipinski definition) is 3. The molecular weight excluding hydrogens is 399 g/mol. The molecule has 0 fully saturated rings. The van der Waals surface area contributed by atoms with Gasteiger partial charge in [-0.05, 0) is 72.7 Å². The number of carbonyl (C=O) groups excluding carboxylic acids is 1. The molecule has 0 saturated heterocycles. The van der Waals surface area contributed by atoms with E-state index in [-0.39, 0.29) is 5.56 Å². The molecule has 0 radical (unpaired) electrons. The summed E-state index contributed by atoms with van der Waals surface area (Å²) in [7, 11) is 0. The molecule has 3 N–H and O–H groups in total. The maximum Gasteiger partial charge on any atom is 0.258 e. The van der Waals surface area contributed by atoms with Gasteiger partial charge in [0, 0.05) is 17.9 Å². The number of thiocarbonyl (C=S) groups is 1. The molecule has 0 spiro atoms. The van der Waals surface area contributed by atoms with Crippen molar-refractivity contribution in [3.8, 4) is 6.07 Å². The van der Waals surface area contributed by atoms with E-state index < -0.39 is 11.7 Å². The van der Waals surface area contributed by atoms with Crippen LogP contribution >= 0.6 is 12.2 Å². The molecule has 0 atom stereocenters. The van der Waals surface area contributed by atoms with E-state index in [1.165, 1.54) is 18.2 Å². The number of rotatable bonds is 6. The lowest BCUT2D eigenvalue weighted by Gasteiger charge is -2.12. The third-order valence-corrected chi connectivity index (χ3v) is 4.55. The Bertz CT molecular complexity index is 1080. The number of anilines is 2. The van der Waals surface area contributed by atoms with Crippen molar-refractivity contribution in [2.24, 2.45) is 0 Å². The first-order valence-electron chi connectivity index (χ1n) is 9.25. The van der Waals surface area contributed by atoms with E-state index in [4.69, 9.17) is 17.5 Å². The van der Waals surface area contributed by atoms with Gasteiger partial charge in [0.25, 0.3) is 5.91 Å². The molecule has 1 amide bonds. The second-order valence-corrected chi connectivity index (χ2v) is 6.86. The Hall–Kier alpha value is -3.76. The fourth-order valence-electron chi connectivity index (χ4n) is 2.72. The minimum absolute atomic E-state index is 0.00709. The van der Waals surface area contributed by atoms with Crippen molar-refractivity contribution >= 4 is 34.6 Å². The molecule has 0 bridgehead atoms. The number of nitrogens with one attached hydrogen (secondary N) is 3. The van der Waals surface area contributed by atoms with Crippen molar-refractivity contribution in [2.45, 2.75) is 6.42 Å². The first-order valence-corrected chi connectivity index (χ1v) is 9.66. The van der Waals surface area contributed by atoms with Crippen LogP contribution in [0.5, 0.6) is 0 Å². The normalized spacial score (nSPS) is 10.0. The third kappa shape index (κ3) is 5.87. The number of nitrogens with zero attached hydrogens (tertiary/aromatic N) is 1. The summed E-state index contributed by atoms with van der Waals surface area (Å²) >= 11 is 5.30. The fraction of sp³-hybridized carbons (Fsp3) is 0.0870. The lowest BCUT2D eigenvalue weighted by molar-refractivity contribution is 0.102. The van der Waals surface area contributed by atoms with Gasteiger partial charge in [0.15, 0.2) is 5.11 Å². The molecule has 30 heavy (non-hydrogen) atoms. The zero-order chi connectivity index (χ0) is 21.3. The summed E-state index contributed by atoms with van der Waals surface area (Å²) < 4.78 is 13.7. The van der Waals surface area contributed by atoms with Gasteiger partial charge in [-0.3, -0.25) is 4.79 Å². The lowest BCUT2D eigenvalue weighted by Crippen LogP contribution is -2.30. The largest absolute Gasteiger partial charge is 0.362 e. The summed E-state index contributed by atoms with van der Waals surface area (Å²) in [5, 5.41) is 18.2. The minimum atomic E-state index is -0.564. The third-order valence-electron chi connectivity index (χ3n) is 4.30. The summed E-state index contributed by atoms with van der Waals surface area (Å²) in [6.07, 6.45) is 0.772. The van der Waals surface area contributed by atoms with Gasteiger partial charge in [-0.25, -0.2) is 4.39 Å². The Morgan fingerprint density at radius 3 is 2.20 bits per heavy atom. The van der Waals surface area contributed by atoms with Gasteiger partial charge < -0.3 is 16.0 Å². The monoisotopic (exact) mass is 418 g/mol. The average Bonchev–Trinajstić information content (AvgIpc) is 2.76. The summed E-state index contributed by atoms with van der Waals surface area (Å²) in [6.45, 7) is 0.647. The number of hydrogen-bond acceptors (Lipinski definition) is 3. The van der Waals surface area contributed by atoms with Gasteiger partial charge in [0.2, 0.25) is 0 Å². The number of halogens is 1. The van der Waals surface area contributed by atoms with E-state index >= 15 is 0 Å². The van der Waals surface area contributed by atoms with Crippen LogP contribution in [0.4, 0.5) is 15.8 Å². The van der Waals surface area contributed by atoms with Crippen LogP contribution in [0.25, 0.3) is 0 Å². The van der Waals surface area contributed by atoms with E-state index in [0.29, 0.717) is 22.9 Å². The molecule has 150 valence electrons. The number of benzene rings is 3. The summed E-state index contributed by atoms with van der Waals surface area (Å²) in [6, 6.07) is 22.3. The summed E-state index contributed by atoms with van der Waals surface area (Å²) in [4.78, 5) is 12.2. The molecule has 3 aromatic rings. The number of amides is 1. The van der Waals surface area contributed by atoms with Gasteiger partial charge in [-0.15, -0.1) is 0 Å². The molecule has 0 saturated carbocycles. The molecule has 7 heteroatoms. The van der Waals surface area contributed by atoms with Crippen molar-refractivity contribution in [1.82, 2.24) is 5.32 Å². The van der Waals surface area contributed by atoms with Gasteiger partial charge in [0.1, 0.15) is 5.82 Å². The molecule has 0 aliphatic heterocycles. The highest BCUT2D eigenvalue weighted by molar-refractivity contribution is 7.80.